The van der Waals surface area contributed by atoms with E-state index in [9.17, 15) is 19.8 Å². The Morgan fingerprint density at radius 1 is 1.26 bits per heavy atom. The highest BCUT2D eigenvalue weighted by molar-refractivity contribution is 14.1. The smallest absolute Gasteiger partial charge is 0.316 e. The first-order valence-corrected chi connectivity index (χ1v) is 15.7. The lowest BCUT2D eigenvalue weighted by Crippen LogP contribution is -2.53. The van der Waals surface area contributed by atoms with Gasteiger partial charge in [0, 0.05) is 31.8 Å². The van der Waals surface area contributed by atoms with Crippen molar-refractivity contribution in [2.24, 2.45) is 39.4 Å². The van der Waals surface area contributed by atoms with E-state index in [1.807, 2.05) is 13.0 Å². The summed E-state index contributed by atoms with van der Waals surface area (Å²) in [5, 5.41) is 22.2. The first kappa shape index (κ1) is 26.5. The minimum Gasteiger partial charge on any atom is -0.461 e. The molecule has 5 aliphatic carbocycles. The number of thioether (sulfide) groups is 1. The molecule has 2 spiro atoms. The van der Waals surface area contributed by atoms with Crippen LogP contribution in [-0.2, 0) is 14.3 Å². The van der Waals surface area contributed by atoms with Crippen LogP contribution in [0.4, 0.5) is 0 Å². The minimum absolute atomic E-state index is 0.00417. The number of carbonyl (C=O) groups is 2. The van der Waals surface area contributed by atoms with Crippen LogP contribution in [0.1, 0.15) is 72.6 Å². The van der Waals surface area contributed by atoms with Gasteiger partial charge in [-0.1, -0.05) is 56.4 Å². The molecule has 7 heteroatoms. The van der Waals surface area contributed by atoms with Crippen molar-refractivity contribution in [2.75, 3.05) is 5.75 Å². The molecule has 0 saturated heterocycles. The number of Topliss-reactive ketones (excluding diaryl/α,β-unsaturated/α-hetero) is 1. The minimum atomic E-state index is -0.637. The van der Waals surface area contributed by atoms with E-state index in [4.69, 9.17) is 4.74 Å². The number of ether oxygens (including phenoxy) is 1. The van der Waals surface area contributed by atoms with Gasteiger partial charge in [0.25, 0.3) is 0 Å². The monoisotopic (exact) mass is 616 g/mol. The number of ketones is 1. The third-order valence-corrected chi connectivity index (χ3v) is 14.0. The molecule has 2 N–H and O–H groups in total. The van der Waals surface area contributed by atoms with Gasteiger partial charge in [-0.05, 0) is 61.7 Å². The fourth-order valence-corrected chi connectivity index (χ4v) is 11.4. The molecule has 0 bridgehead atoms. The first-order chi connectivity index (χ1) is 16.4. The van der Waals surface area contributed by atoms with E-state index >= 15 is 0 Å². The van der Waals surface area contributed by atoms with Crippen molar-refractivity contribution in [3.8, 4) is 0 Å². The summed E-state index contributed by atoms with van der Waals surface area (Å²) >= 11 is 3.91. The summed E-state index contributed by atoms with van der Waals surface area (Å²) in [5.41, 5.74) is -1.48. The molecule has 0 aromatic rings. The predicted molar refractivity (Wildman–Crippen MR) is 146 cm³/mol. The summed E-state index contributed by atoms with van der Waals surface area (Å²) in [6, 6.07) is 0. The maximum Gasteiger partial charge on any atom is 0.316 e. The van der Waals surface area contributed by atoms with Crippen LogP contribution in [0.15, 0.2) is 12.7 Å². The molecule has 0 aromatic heterocycles. The third kappa shape index (κ3) is 3.45. The normalized spacial score (nSPS) is 54.9. The van der Waals surface area contributed by atoms with Crippen LogP contribution < -0.4 is 0 Å². The van der Waals surface area contributed by atoms with Gasteiger partial charge in [-0.3, -0.25) is 9.59 Å². The Morgan fingerprint density at radius 2 is 1.97 bits per heavy atom. The standard InChI is InChI=1S/C28H41IO5S/c1-6-25(4)13-21(34-22(32)14-35-19-8-7-17(29)11-18(19)30)26(5)15(2)12-28-20(31)9-10-27(28,24(26)28)16(3)23(25)33/h6,15-19,21,23-24,30,33H,1,7-14H2,2-5H3/t15?,16-,17+,18+,19+,21+,23-,24-,25+,26-,27+,28?/m0/s1. The lowest BCUT2D eigenvalue weighted by Gasteiger charge is -2.51. The Morgan fingerprint density at radius 3 is 2.63 bits per heavy atom. The number of hydrogen-bond acceptors (Lipinski definition) is 6. The van der Waals surface area contributed by atoms with Crippen LogP contribution in [0, 0.1) is 39.4 Å². The average molecular weight is 617 g/mol. The van der Waals surface area contributed by atoms with Crippen molar-refractivity contribution in [3.05, 3.63) is 12.7 Å². The molecule has 5 rings (SSSR count). The molecule has 5 fully saturated rings. The summed E-state index contributed by atoms with van der Waals surface area (Å²) in [4.78, 5) is 26.6. The molecule has 0 radical (unpaired) electrons. The fraction of sp³-hybridized carbons (Fsp3) is 0.857. The van der Waals surface area contributed by atoms with Gasteiger partial charge in [-0.15, -0.1) is 18.3 Å². The Labute approximate surface area is 227 Å². The second-order valence-corrected chi connectivity index (χ2v) is 15.8. The van der Waals surface area contributed by atoms with Crippen molar-refractivity contribution in [2.45, 2.75) is 100 Å². The summed E-state index contributed by atoms with van der Waals surface area (Å²) in [5.74, 6) is 0.738. The largest absolute Gasteiger partial charge is 0.461 e. The van der Waals surface area contributed by atoms with Crippen molar-refractivity contribution in [1.29, 1.82) is 0 Å². The van der Waals surface area contributed by atoms with E-state index in [-0.39, 0.29) is 63.2 Å². The van der Waals surface area contributed by atoms with Gasteiger partial charge < -0.3 is 14.9 Å². The van der Waals surface area contributed by atoms with Gasteiger partial charge in [-0.2, -0.15) is 0 Å². The maximum absolute atomic E-state index is 13.4. The molecule has 2 unspecified atom stereocenters. The molecular weight excluding hydrogens is 575 g/mol. The zero-order chi connectivity index (χ0) is 25.6. The van der Waals surface area contributed by atoms with Crippen molar-refractivity contribution >= 4 is 46.1 Å². The topological polar surface area (TPSA) is 83.8 Å². The Hall–Kier alpha value is -0.120. The lowest BCUT2D eigenvalue weighted by molar-refractivity contribution is -0.168. The number of rotatable bonds is 5. The number of carbonyl (C=O) groups excluding carboxylic acids is 2. The van der Waals surface area contributed by atoms with Gasteiger partial charge >= 0.3 is 5.97 Å². The van der Waals surface area contributed by atoms with Crippen molar-refractivity contribution in [3.63, 3.8) is 0 Å². The number of aliphatic hydroxyl groups excluding tert-OH is 2. The van der Waals surface area contributed by atoms with E-state index in [2.05, 4.69) is 49.9 Å². The van der Waals surface area contributed by atoms with Gasteiger partial charge in [-0.25, -0.2) is 0 Å². The highest BCUT2D eigenvalue weighted by atomic mass is 127. The second-order valence-electron chi connectivity index (χ2n) is 12.8. The molecule has 196 valence electrons. The van der Waals surface area contributed by atoms with E-state index < -0.39 is 11.5 Å². The maximum atomic E-state index is 13.4. The summed E-state index contributed by atoms with van der Waals surface area (Å²) in [7, 11) is 0. The van der Waals surface area contributed by atoms with Crippen LogP contribution in [0.3, 0.4) is 0 Å². The van der Waals surface area contributed by atoms with E-state index in [0.717, 1.165) is 32.1 Å². The molecule has 35 heavy (non-hydrogen) atoms. The number of alkyl halides is 1. The van der Waals surface area contributed by atoms with Gasteiger partial charge in [0.2, 0.25) is 0 Å². The number of esters is 1. The SMILES string of the molecule is C=C[C@]1(C)C[C@@H](OC(=O)CS[C@@H]2CC[C@@H](I)C[C@H]2O)[C@]2(C)C(C)CC34C(=O)CC[C@@]3([C@@H](C)[C@@H]1O)[C@@H]42. The third-order valence-electron chi connectivity index (χ3n) is 11.5. The molecule has 0 aromatic carbocycles. The summed E-state index contributed by atoms with van der Waals surface area (Å²) in [6.07, 6.45) is 5.98. The van der Waals surface area contributed by atoms with Gasteiger partial charge in [0.05, 0.1) is 18.0 Å². The molecule has 5 saturated carbocycles. The number of aliphatic hydroxyl groups is 2. The molecule has 12 atom stereocenters. The lowest BCUT2D eigenvalue weighted by atomic mass is 9.57. The summed E-state index contributed by atoms with van der Waals surface area (Å²) in [6.45, 7) is 12.7. The molecule has 0 aliphatic heterocycles. The Balaban J connectivity index is 1.42. The van der Waals surface area contributed by atoms with Crippen LogP contribution in [0.2, 0.25) is 0 Å². The molecule has 0 heterocycles. The highest BCUT2D eigenvalue weighted by Gasteiger charge is 2.92. The van der Waals surface area contributed by atoms with Gasteiger partial charge in [0.15, 0.2) is 0 Å². The predicted octanol–water partition coefficient (Wildman–Crippen LogP) is 4.95. The van der Waals surface area contributed by atoms with Crippen LogP contribution >= 0.6 is 34.4 Å². The fourth-order valence-electron chi connectivity index (χ4n) is 9.45. The van der Waals surface area contributed by atoms with Crippen LogP contribution in [-0.4, -0.2) is 55.2 Å². The van der Waals surface area contributed by atoms with Crippen LogP contribution in [0.5, 0.6) is 0 Å². The van der Waals surface area contributed by atoms with E-state index in [1.54, 1.807) is 0 Å². The van der Waals surface area contributed by atoms with Crippen LogP contribution in [0.25, 0.3) is 0 Å². The zero-order valence-corrected chi connectivity index (χ0v) is 24.4. The molecule has 5 nitrogen and oxygen atoms in total. The molecule has 5 aliphatic rings. The summed E-state index contributed by atoms with van der Waals surface area (Å²) < 4.78 is 6.83. The first-order valence-electron chi connectivity index (χ1n) is 13.4. The Kier molecular flexibility index (Phi) is 6.58. The van der Waals surface area contributed by atoms with E-state index in [0.29, 0.717) is 22.5 Å². The Bertz CT molecular complexity index is 927. The van der Waals surface area contributed by atoms with Crippen molar-refractivity contribution < 1.29 is 24.5 Å². The molecular formula is C28H41IO5S. The van der Waals surface area contributed by atoms with Crippen molar-refractivity contribution in [1.82, 2.24) is 0 Å². The van der Waals surface area contributed by atoms with E-state index in [1.165, 1.54) is 11.8 Å². The average Bonchev–Trinajstić information content (AvgIpc) is 3.18. The number of halogens is 1. The highest BCUT2D eigenvalue weighted by Crippen LogP contribution is 2.91. The number of hydrogen-bond donors (Lipinski definition) is 2. The molecule has 0 amide bonds. The zero-order valence-electron chi connectivity index (χ0n) is 21.5. The quantitative estimate of drug-likeness (QED) is 0.197. The second kappa shape index (κ2) is 8.70. The van der Waals surface area contributed by atoms with Gasteiger partial charge in [0.1, 0.15) is 11.9 Å².